The molecule has 0 aliphatic carbocycles. The predicted octanol–water partition coefficient (Wildman–Crippen LogP) is 3.64. The standard InChI is InChI=1S/C17H14N2O3/c20-17-13-6-1-2-7-14(13)18-16(15-8-4-10-22-15)19(17)11-12-5-3-9-21-12/h1-10,16,18H,11H2/t16-/m0/s1. The van der Waals surface area contributed by atoms with E-state index in [9.17, 15) is 4.79 Å². The van der Waals surface area contributed by atoms with Crippen LogP contribution in [0.3, 0.4) is 0 Å². The van der Waals surface area contributed by atoms with Gasteiger partial charge in [0, 0.05) is 5.69 Å². The lowest BCUT2D eigenvalue weighted by atomic mass is 10.1. The van der Waals surface area contributed by atoms with Crippen molar-refractivity contribution in [1.82, 2.24) is 4.90 Å². The molecule has 5 heteroatoms. The van der Waals surface area contributed by atoms with Crippen molar-refractivity contribution in [2.45, 2.75) is 12.7 Å². The topological polar surface area (TPSA) is 58.6 Å². The maximum absolute atomic E-state index is 12.9. The van der Waals surface area contributed by atoms with E-state index in [0.29, 0.717) is 17.9 Å². The van der Waals surface area contributed by atoms with Crippen LogP contribution in [0.15, 0.2) is 69.9 Å². The lowest BCUT2D eigenvalue weighted by molar-refractivity contribution is 0.0629. The molecule has 0 unspecified atom stereocenters. The molecule has 0 spiro atoms. The smallest absolute Gasteiger partial charge is 0.258 e. The minimum atomic E-state index is -0.359. The van der Waals surface area contributed by atoms with Gasteiger partial charge in [0.25, 0.3) is 5.91 Å². The summed E-state index contributed by atoms with van der Waals surface area (Å²) in [6.07, 6.45) is 2.85. The quantitative estimate of drug-likeness (QED) is 0.801. The number of nitrogens with zero attached hydrogens (tertiary/aromatic N) is 1. The molecule has 0 fully saturated rings. The Morgan fingerprint density at radius 1 is 1.00 bits per heavy atom. The van der Waals surface area contributed by atoms with Gasteiger partial charge in [-0.1, -0.05) is 12.1 Å². The van der Waals surface area contributed by atoms with Crippen molar-refractivity contribution in [3.8, 4) is 0 Å². The summed E-state index contributed by atoms with van der Waals surface area (Å²) in [6, 6.07) is 14.8. The Bertz CT molecular complexity index is 778. The number of fused-ring (bicyclic) bond motifs is 1. The number of nitrogens with one attached hydrogen (secondary N) is 1. The third kappa shape index (κ3) is 2.07. The molecule has 22 heavy (non-hydrogen) atoms. The number of hydrogen-bond donors (Lipinski definition) is 1. The van der Waals surface area contributed by atoms with E-state index in [0.717, 1.165) is 11.4 Å². The molecule has 3 aromatic rings. The molecule has 1 N–H and O–H groups in total. The van der Waals surface area contributed by atoms with Gasteiger partial charge in [-0.2, -0.15) is 0 Å². The fourth-order valence-electron chi connectivity index (χ4n) is 2.70. The van der Waals surface area contributed by atoms with Crippen LogP contribution in [0.4, 0.5) is 5.69 Å². The van der Waals surface area contributed by atoms with Crippen LogP contribution < -0.4 is 5.32 Å². The monoisotopic (exact) mass is 294 g/mol. The Morgan fingerprint density at radius 2 is 1.82 bits per heavy atom. The summed E-state index contributed by atoms with van der Waals surface area (Å²) in [6.45, 7) is 0.374. The van der Waals surface area contributed by atoms with Crippen molar-refractivity contribution in [1.29, 1.82) is 0 Å². The van der Waals surface area contributed by atoms with Gasteiger partial charge in [-0.3, -0.25) is 4.79 Å². The van der Waals surface area contributed by atoms with E-state index < -0.39 is 0 Å². The van der Waals surface area contributed by atoms with Crippen molar-refractivity contribution in [2.24, 2.45) is 0 Å². The van der Waals surface area contributed by atoms with Gasteiger partial charge in [-0.25, -0.2) is 0 Å². The summed E-state index contributed by atoms with van der Waals surface area (Å²) in [5.74, 6) is 1.37. The number of para-hydroxylation sites is 1. The predicted molar refractivity (Wildman–Crippen MR) is 80.1 cm³/mol. The number of amides is 1. The molecule has 0 saturated carbocycles. The van der Waals surface area contributed by atoms with E-state index in [-0.39, 0.29) is 12.1 Å². The molecule has 3 heterocycles. The molecule has 0 radical (unpaired) electrons. The van der Waals surface area contributed by atoms with Gasteiger partial charge < -0.3 is 19.1 Å². The normalized spacial score (nSPS) is 17.2. The van der Waals surface area contributed by atoms with Crippen LogP contribution in [0.1, 0.15) is 28.0 Å². The summed E-state index contributed by atoms with van der Waals surface area (Å²) in [5.41, 5.74) is 1.46. The zero-order valence-electron chi connectivity index (χ0n) is 11.7. The summed E-state index contributed by atoms with van der Waals surface area (Å²) < 4.78 is 10.9. The number of hydrogen-bond acceptors (Lipinski definition) is 4. The lowest BCUT2D eigenvalue weighted by Gasteiger charge is -2.36. The van der Waals surface area contributed by atoms with Crippen LogP contribution >= 0.6 is 0 Å². The summed E-state index contributed by atoms with van der Waals surface area (Å²) in [4.78, 5) is 14.6. The number of benzene rings is 1. The van der Waals surface area contributed by atoms with Crippen LogP contribution in [0, 0.1) is 0 Å². The second-order valence-corrected chi connectivity index (χ2v) is 5.12. The van der Waals surface area contributed by atoms with Gasteiger partial charge in [-0.05, 0) is 36.4 Å². The highest BCUT2D eigenvalue weighted by molar-refractivity contribution is 6.01. The molecule has 5 nitrogen and oxygen atoms in total. The second-order valence-electron chi connectivity index (χ2n) is 5.12. The Balaban J connectivity index is 1.76. The van der Waals surface area contributed by atoms with Gasteiger partial charge in [0.1, 0.15) is 11.5 Å². The molecule has 4 rings (SSSR count). The Morgan fingerprint density at radius 3 is 2.59 bits per heavy atom. The average Bonchev–Trinajstić information content (AvgIpc) is 3.23. The second kappa shape index (κ2) is 5.11. The first-order chi connectivity index (χ1) is 10.8. The molecule has 110 valence electrons. The van der Waals surface area contributed by atoms with E-state index in [1.165, 1.54) is 0 Å². The van der Waals surface area contributed by atoms with E-state index >= 15 is 0 Å². The van der Waals surface area contributed by atoms with E-state index in [2.05, 4.69) is 5.32 Å². The molecule has 1 amide bonds. The van der Waals surface area contributed by atoms with Gasteiger partial charge >= 0.3 is 0 Å². The largest absolute Gasteiger partial charge is 0.467 e. The number of carbonyl (C=O) groups excluding carboxylic acids is 1. The number of carbonyl (C=O) groups is 1. The summed E-state index contributed by atoms with van der Waals surface area (Å²) in [7, 11) is 0. The summed E-state index contributed by atoms with van der Waals surface area (Å²) in [5, 5.41) is 3.36. The number of anilines is 1. The molecule has 1 aromatic carbocycles. The van der Waals surface area contributed by atoms with Crippen LogP contribution in [0.5, 0.6) is 0 Å². The maximum Gasteiger partial charge on any atom is 0.258 e. The van der Waals surface area contributed by atoms with E-state index in [4.69, 9.17) is 8.83 Å². The van der Waals surface area contributed by atoms with Crippen LogP contribution in [-0.4, -0.2) is 10.8 Å². The van der Waals surface area contributed by atoms with Gasteiger partial charge in [0.15, 0.2) is 6.17 Å². The molecular weight excluding hydrogens is 280 g/mol. The lowest BCUT2D eigenvalue weighted by Crippen LogP contribution is -2.42. The molecule has 1 aliphatic rings. The first-order valence-corrected chi connectivity index (χ1v) is 7.05. The third-order valence-corrected chi connectivity index (χ3v) is 3.74. The zero-order valence-corrected chi connectivity index (χ0v) is 11.7. The molecule has 0 bridgehead atoms. The fourth-order valence-corrected chi connectivity index (χ4v) is 2.70. The van der Waals surface area contributed by atoms with Crippen LogP contribution in [-0.2, 0) is 6.54 Å². The van der Waals surface area contributed by atoms with Crippen molar-refractivity contribution in [2.75, 3.05) is 5.32 Å². The molecular formula is C17H14N2O3. The van der Waals surface area contributed by atoms with E-state index in [1.54, 1.807) is 17.4 Å². The third-order valence-electron chi connectivity index (χ3n) is 3.74. The van der Waals surface area contributed by atoms with Crippen molar-refractivity contribution in [3.05, 3.63) is 78.1 Å². The van der Waals surface area contributed by atoms with Crippen LogP contribution in [0.25, 0.3) is 0 Å². The van der Waals surface area contributed by atoms with Gasteiger partial charge in [0.2, 0.25) is 0 Å². The highest BCUT2D eigenvalue weighted by Crippen LogP contribution is 2.34. The number of furan rings is 2. The highest BCUT2D eigenvalue weighted by Gasteiger charge is 2.34. The molecule has 1 aliphatic heterocycles. The molecule has 1 atom stereocenters. The van der Waals surface area contributed by atoms with Crippen molar-refractivity contribution >= 4 is 11.6 Å². The Labute approximate surface area is 127 Å². The fraction of sp³-hybridized carbons (Fsp3) is 0.118. The van der Waals surface area contributed by atoms with Gasteiger partial charge in [-0.15, -0.1) is 0 Å². The first kappa shape index (κ1) is 12.8. The summed E-state index contributed by atoms with van der Waals surface area (Å²) >= 11 is 0. The first-order valence-electron chi connectivity index (χ1n) is 7.05. The SMILES string of the molecule is O=C1c2ccccc2N[C@H](c2ccco2)N1Cc1ccco1. The number of rotatable bonds is 3. The highest BCUT2D eigenvalue weighted by atomic mass is 16.3. The van der Waals surface area contributed by atoms with Crippen molar-refractivity contribution in [3.63, 3.8) is 0 Å². The van der Waals surface area contributed by atoms with E-state index in [1.807, 2.05) is 48.5 Å². The maximum atomic E-state index is 12.9. The van der Waals surface area contributed by atoms with Gasteiger partial charge in [0.05, 0.1) is 24.6 Å². The van der Waals surface area contributed by atoms with Crippen molar-refractivity contribution < 1.29 is 13.6 Å². The minimum Gasteiger partial charge on any atom is -0.467 e. The Hall–Kier alpha value is -2.95. The molecule has 0 saturated heterocycles. The van der Waals surface area contributed by atoms with Crippen LogP contribution in [0.2, 0.25) is 0 Å². The minimum absolute atomic E-state index is 0.0489. The Kier molecular flexibility index (Phi) is 2.96. The zero-order chi connectivity index (χ0) is 14.9. The average molecular weight is 294 g/mol. The molecule has 2 aromatic heterocycles.